The smallest absolute Gasteiger partial charge is 0.128 e. The molecule has 1 aromatic heterocycles. The maximum atomic E-state index is 5.96. The molecule has 1 N–H and O–H groups in total. The van der Waals surface area contributed by atoms with Crippen LogP contribution in [0.1, 0.15) is 44.9 Å². The molecule has 0 amide bonds. The van der Waals surface area contributed by atoms with Crippen LogP contribution in [0.15, 0.2) is 6.20 Å². The van der Waals surface area contributed by atoms with Crippen molar-refractivity contribution in [1.29, 1.82) is 0 Å². The van der Waals surface area contributed by atoms with Crippen LogP contribution in [0, 0.1) is 5.41 Å². The number of nitrogens with one attached hydrogen (secondary N) is 1. The highest BCUT2D eigenvalue weighted by Gasteiger charge is 2.26. The lowest BCUT2D eigenvalue weighted by molar-refractivity contribution is 0.207. The molecule has 0 saturated heterocycles. The van der Waals surface area contributed by atoms with Crippen molar-refractivity contribution in [2.75, 3.05) is 6.54 Å². The lowest BCUT2D eigenvalue weighted by Crippen LogP contribution is -2.33. The summed E-state index contributed by atoms with van der Waals surface area (Å²) in [5.41, 5.74) is 0.479. The molecule has 1 saturated carbocycles. The van der Waals surface area contributed by atoms with Crippen molar-refractivity contribution < 1.29 is 0 Å². The first-order valence-corrected chi connectivity index (χ1v) is 6.85. The van der Waals surface area contributed by atoms with E-state index in [9.17, 15) is 0 Å². The number of hydrogen-bond donors (Lipinski definition) is 1. The van der Waals surface area contributed by atoms with Gasteiger partial charge in [0, 0.05) is 13.6 Å². The van der Waals surface area contributed by atoms with Crippen molar-refractivity contribution in [1.82, 2.24) is 14.9 Å². The van der Waals surface area contributed by atoms with Gasteiger partial charge in [0.1, 0.15) is 11.0 Å². The van der Waals surface area contributed by atoms with E-state index in [2.05, 4.69) is 17.2 Å². The standard InChI is InChI=1S/C13H22ClN3/c1-13(6-4-3-5-7-13)10-15-9-12-16-8-11(14)17(12)2/h8,15H,3-7,9-10H2,1-2H3. The Hall–Kier alpha value is -0.540. The maximum Gasteiger partial charge on any atom is 0.128 e. The molecule has 3 nitrogen and oxygen atoms in total. The second kappa shape index (κ2) is 5.40. The summed E-state index contributed by atoms with van der Waals surface area (Å²) in [6.07, 6.45) is 8.58. The number of nitrogens with zero attached hydrogens (tertiary/aromatic N) is 2. The van der Waals surface area contributed by atoms with Gasteiger partial charge < -0.3 is 9.88 Å². The summed E-state index contributed by atoms with van der Waals surface area (Å²) < 4.78 is 1.93. The van der Waals surface area contributed by atoms with Crippen LogP contribution in [0.5, 0.6) is 0 Å². The molecule has 0 atom stereocenters. The zero-order valence-corrected chi connectivity index (χ0v) is 11.6. The zero-order chi connectivity index (χ0) is 12.3. The molecule has 1 fully saturated rings. The van der Waals surface area contributed by atoms with Gasteiger partial charge in [-0.2, -0.15) is 0 Å². The lowest BCUT2D eigenvalue weighted by Gasteiger charge is -2.33. The molecule has 0 aromatic carbocycles. The average molecular weight is 256 g/mol. The minimum atomic E-state index is 0.479. The Kier molecular flexibility index (Phi) is 4.10. The Morgan fingerprint density at radius 1 is 1.41 bits per heavy atom. The van der Waals surface area contributed by atoms with Gasteiger partial charge >= 0.3 is 0 Å². The average Bonchev–Trinajstić information content (AvgIpc) is 2.62. The third-order valence-electron chi connectivity index (χ3n) is 3.92. The van der Waals surface area contributed by atoms with Crippen molar-refractivity contribution >= 4 is 11.6 Å². The summed E-state index contributed by atoms with van der Waals surface area (Å²) in [6, 6.07) is 0. The van der Waals surface area contributed by atoms with Crippen LogP contribution in [0.4, 0.5) is 0 Å². The van der Waals surface area contributed by atoms with Crippen molar-refractivity contribution in [3.8, 4) is 0 Å². The van der Waals surface area contributed by atoms with Crippen molar-refractivity contribution in [2.45, 2.75) is 45.6 Å². The van der Waals surface area contributed by atoms with E-state index >= 15 is 0 Å². The van der Waals surface area contributed by atoms with Crippen molar-refractivity contribution in [3.05, 3.63) is 17.2 Å². The van der Waals surface area contributed by atoms with E-state index in [4.69, 9.17) is 11.6 Å². The highest BCUT2D eigenvalue weighted by atomic mass is 35.5. The molecule has 2 rings (SSSR count). The normalized spacial score (nSPS) is 19.5. The Labute approximate surface area is 109 Å². The van der Waals surface area contributed by atoms with E-state index in [-0.39, 0.29) is 0 Å². The highest BCUT2D eigenvalue weighted by Crippen LogP contribution is 2.34. The summed E-state index contributed by atoms with van der Waals surface area (Å²) in [6.45, 7) is 4.28. The Balaban J connectivity index is 1.81. The monoisotopic (exact) mass is 255 g/mol. The van der Waals surface area contributed by atoms with E-state index in [1.54, 1.807) is 6.20 Å². The topological polar surface area (TPSA) is 29.9 Å². The quantitative estimate of drug-likeness (QED) is 0.896. The van der Waals surface area contributed by atoms with Gasteiger partial charge in [-0.3, -0.25) is 0 Å². The van der Waals surface area contributed by atoms with Gasteiger partial charge in [-0.1, -0.05) is 37.8 Å². The van der Waals surface area contributed by atoms with Crippen LogP contribution in [0.25, 0.3) is 0 Å². The largest absolute Gasteiger partial charge is 0.321 e. The molecule has 1 aliphatic carbocycles. The highest BCUT2D eigenvalue weighted by molar-refractivity contribution is 6.29. The summed E-state index contributed by atoms with van der Waals surface area (Å²) in [5, 5.41) is 4.22. The maximum absolute atomic E-state index is 5.96. The second-order valence-corrected chi connectivity index (χ2v) is 5.92. The summed E-state index contributed by atoms with van der Waals surface area (Å²) in [7, 11) is 1.95. The first kappa shape index (κ1) is 12.9. The molecular formula is C13H22ClN3. The minimum Gasteiger partial charge on any atom is -0.321 e. The van der Waals surface area contributed by atoms with Crippen LogP contribution in [0.3, 0.4) is 0 Å². The van der Waals surface area contributed by atoms with E-state index < -0.39 is 0 Å². The van der Waals surface area contributed by atoms with Crippen LogP contribution < -0.4 is 5.32 Å². The molecule has 96 valence electrons. The molecule has 0 radical (unpaired) electrons. The summed E-state index contributed by atoms with van der Waals surface area (Å²) >= 11 is 5.96. The number of imidazole rings is 1. The molecule has 0 aliphatic heterocycles. The number of halogens is 1. The third-order valence-corrected chi connectivity index (χ3v) is 4.27. The van der Waals surface area contributed by atoms with Crippen LogP contribution in [-0.2, 0) is 13.6 Å². The first-order chi connectivity index (χ1) is 8.11. The molecule has 1 aromatic rings. The minimum absolute atomic E-state index is 0.479. The molecule has 0 spiro atoms. The third kappa shape index (κ3) is 3.23. The number of aromatic nitrogens is 2. The van der Waals surface area contributed by atoms with E-state index in [1.165, 1.54) is 32.1 Å². The van der Waals surface area contributed by atoms with Gasteiger partial charge in [0.05, 0.1) is 12.7 Å². The van der Waals surface area contributed by atoms with Gasteiger partial charge in [-0.15, -0.1) is 0 Å². The van der Waals surface area contributed by atoms with E-state index in [0.717, 1.165) is 18.9 Å². The Morgan fingerprint density at radius 3 is 2.71 bits per heavy atom. The van der Waals surface area contributed by atoms with Gasteiger partial charge in [0.25, 0.3) is 0 Å². The summed E-state index contributed by atoms with van der Waals surface area (Å²) in [4.78, 5) is 4.29. The molecule has 17 heavy (non-hydrogen) atoms. The van der Waals surface area contributed by atoms with E-state index in [1.807, 2.05) is 11.6 Å². The predicted octanol–water partition coefficient (Wildman–Crippen LogP) is 3.13. The number of hydrogen-bond acceptors (Lipinski definition) is 2. The SMILES string of the molecule is Cn1c(Cl)cnc1CNCC1(C)CCCCC1. The first-order valence-electron chi connectivity index (χ1n) is 6.48. The molecular weight excluding hydrogens is 234 g/mol. The molecule has 4 heteroatoms. The van der Waals surface area contributed by atoms with Crippen LogP contribution >= 0.6 is 11.6 Å². The molecule has 0 unspecified atom stereocenters. The van der Waals surface area contributed by atoms with Crippen LogP contribution in [-0.4, -0.2) is 16.1 Å². The van der Waals surface area contributed by atoms with Gasteiger partial charge in [0.15, 0.2) is 0 Å². The second-order valence-electron chi connectivity index (χ2n) is 5.53. The summed E-state index contributed by atoms with van der Waals surface area (Å²) in [5.74, 6) is 1.01. The fourth-order valence-electron chi connectivity index (χ4n) is 2.65. The van der Waals surface area contributed by atoms with Crippen LogP contribution in [0.2, 0.25) is 5.15 Å². The Morgan fingerprint density at radius 2 is 2.12 bits per heavy atom. The van der Waals surface area contributed by atoms with Crippen molar-refractivity contribution in [2.24, 2.45) is 12.5 Å². The molecule has 0 bridgehead atoms. The van der Waals surface area contributed by atoms with Crippen molar-refractivity contribution in [3.63, 3.8) is 0 Å². The fraction of sp³-hybridized carbons (Fsp3) is 0.769. The lowest BCUT2D eigenvalue weighted by atomic mass is 9.76. The fourth-order valence-corrected chi connectivity index (χ4v) is 2.79. The van der Waals surface area contributed by atoms with Gasteiger partial charge in [-0.05, 0) is 18.3 Å². The Bertz CT molecular complexity index is 367. The van der Waals surface area contributed by atoms with Gasteiger partial charge in [-0.25, -0.2) is 4.98 Å². The molecule has 1 aliphatic rings. The van der Waals surface area contributed by atoms with E-state index in [0.29, 0.717) is 10.6 Å². The predicted molar refractivity (Wildman–Crippen MR) is 71.1 cm³/mol. The zero-order valence-electron chi connectivity index (χ0n) is 10.8. The van der Waals surface area contributed by atoms with Gasteiger partial charge in [0.2, 0.25) is 0 Å². The molecule has 1 heterocycles. The number of rotatable bonds is 4.